The molecule has 4 amide bonds. The fraction of sp³-hybridized carbons (Fsp3) is 0.372. The van der Waals surface area contributed by atoms with E-state index in [4.69, 9.17) is 20.9 Å². The summed E-state index contributed by atoms with van der Waals surface area (Å²) >= 11 is 0. The first-order valence-electron chi connectivity index (χ1n) is 36.9. The van der Waals surface area contributed by atoms with Crippen molar-refractivity contribution in [1.82, 2.24) is 54.7 Å². The highest BCUT2D eigenvalue weighted by atomic mass is 35.5. The zero-order valence-electron chi connectivity index (χ0n) is 65.2. The predicted octanol–water partition coefficient (Wildman–Crippen LogP) is 16.9. The maximum Gasteiger partial charge on any atom is 0.407 e. The number of aromatic carboxylic acids is 1. The second kappa shape index (κ2) is 38.8. The van der Waals surface area contributed by atoms with E-state index in [0.29, 0.717) is 76.6 Å². The van der Waals surface area contributed by atoms with Crippen molar-refractivity contribution in [2.75, 3.05) is 10.6 Å². The van der Waals surface area contributed by atoms with Gasteiger partial charge in [0.05, 0.1) is 72.3 Å². The number of nitrogens with one attached hydrogen (secondary N) is 5. The molecule has 3 atom stereocenters. The Labute approximate surface area is 675 Å². The minimum atomic E-state index is -1.48. The summed E-state index contributed by atoms with van der Waals surface area (Å²) in [5, 5.41) is 33.5. The molecule has 12 rings (SSSR count). The number of hydrogen-bond acceptors (Lipinski definition) is 15. The number of carboxylic acid groups (broad SMARTS) is 1. The van der Waals surface area contributed by atoms with Gasteiger partial charge >= 0.3 is 18.2 Å². The molecule has 24 nitrogen and oxygen atoms in total. The molecule has 0 saturated heterocycles. The Kier molecular flexibility index (Phi) is 30.7. The van der Waals surface area contributed by atoms with Gasteiger partial charge in [-0.2, -0.15) is 15.3 Å². The predicted molar refractivity (Wildman–Crippen MR) is 444 cm³/mol. The first-order valence-corrected chi connectivity index (χ1v) is 38.1. The van der Waals surface area contributed by atoms with Crippen LogP contribution in [0.3, 0.4) is 0 Å². The van der Waals surface area contributed by atoms with Crippen LogP contribution in [0.15, 0.2) is 176 Å². The maximum absolute atomic E-state index is 15.6. The minimum Gasteiger partial charge on any atom is -0.477 e. The molecule has 0 spiro atoms. The van der Waals surface area contributed by atoms with Gasteiger partial charge in [-0.15, -0.1) is 12.4 Å². The lowest BCUT2D eigenvalue weighted by Crippen LogP contribution is -2.49. The number of aryl methyl sites for hydroxylation is 3. The van der Waals surface area contributed by atoms with Crippen LogP contribution < -0.4 is 37.5 Å². The van der Waals surface area contributed by atoms with Crippen molar-refractivity contribution in [1.29, 1.82) is 0 Å². The Morgan fingerprint density at radius 3 is 1.32 bits per heavy atom. The van der Waals surface area contributed by atoms with E-state index in [2.05, 4.69) is 51.3 Å². The molecule has 0 bridgehead atoms. The van der Waals surface area contributed by atoms with Crippen LogP contribution in [0.25, 0.3) is 17.1 Å². The Balaban J connectivity index is 0.000000248. The molecular formula is C86H108ClF2N15O9S. The molecule has 2 unspecified atom stereocenters. The van der Waals surface area contributed by atoms with Crippen LogP contribution in [0.2, 0.25) is 0 Å². The maximum atomic E-state index is 15.6. The van der Waals surface area contributed by atoms with Crippen LogP contribution in [-0.4, -0.2) is 94.5 Å². The topological polar surface area (TPSA) is 333 Å². The van der Waals surface area contributed by atoms with Gasteiger partial charge in [0, 0.05) is 44.4 Å². The summed E-state index contributed by atoms with van der Waals surface area (Å²) in [7, 11) is -1.48. The lowest BCUT2D eigenvalue weighted by Gasteiger charge is -2.38. The molecule has 608 valence electrons. The summed E-state index contributed by atoms with van der Waals surface area (Å²) in [5.41, 5.74) is 19.9. The lowest BCUT2D eigenvalue weighted by atomic mass is 9.79. The third-order valence-electron chi connectivity index (χ3n) is 18.4. The highest BCUT2D eigenvalue weighted by Crippen LogP contribution is 2.44. The van der Waals surface area contributed by atoms with E-state index in [-0.39, 0.29) is 63.1 Å². The number of nitrogens with two attached hydrogens (primary N) is 2. The Bertz CT molecular complexity index is 4990. The number of halogens is 3. The zero-order valence-corrected chi connectivity index (χ0v) is 66.8. The molecule has 10 N–H and O–H groups in total. The van der Waals surface area contributed by atoms with E-state index in [1.165, 1.54) is 40.4 Å². The van der Waals surface area contributed by atoms with Crippen molar-refractivity contribution in [3.63, 3.8) is 0 Å². The summed E-state index contributed by atoms with van der Waals surface area (Å²) in [4.78, 5) is 70.8. The third kappa shape index (κ3) is 24.3. The van der Waals surface area contributed by atoms with Gasteiger partial charge in [0.2, 0.25) is 0 Å². The largest absolute Gasteiger partial charge is 0.477 e. The van der Waals surface area contributed by atoms with Gasteiger partial charge in [-0.05, 0) is 263 Å². The van der Waals surface area contributed by atoms with Gasteiger partial charge in [-0.3, -0.25) is 19.6 Å². The number of aromatic nitrogens is 8. The number of alkyl carbamates (subject to hydrolysis) is 2. The van der Waals surface area contributed by atoms with Crippen molar-refractivity contribution in [3.8, 4) is 17.1 Å². The molecule has 0 aliphatic heterocycles. The van der Waals surface area contributed by atoms with Crippen molar-refractivity contribution in [3.05, 3.63) is 261 Å². The van der Waals surface area contributed by atoms with Gasteiger partial charge < -0.3 is 47.3 Å². The second-order valence-corrected chi connectivity index (χ2v) is 33.0. The Hall–Kier alpha value is -10.8. The summed E-state index contributed by atoms with van der Waals surface area (Å²) in [6.45, 7) is 22.6. The fourth-order valence-electron chi connectivity index (χ4n) is 12.5. The monoisotopic (exact) mass is 1600 g/mol. The van der Waals surface area contributed by atoms with Crippen molar-refractivity contribution < 1.29 is 51.5 Å². The molecular weight excluding hydrogens is 1490 g/mol. The number of amides is 4. The van der Waals surface area contributed by atoms with Crippen LogP contribution in [-0.2, 0) is 51.2 Å². The molecule has 2 aliphatic carbocycles. The van der Waals surface area contributed by atoms with Crippen LogP contribution in [0.5, 0.6) is 0 Å². The number of hydrogen-bond donors (Lipinski definition) is 8. The fourth-order valence-corrected chi connectivity index (χ4v) is 13.4. The van der Waals surface area contributed by atoms with Crippen molar-refractivity contribution >= 4 is 64.7 Å². The summed E-state index contributed by atoms with van der Waals surface area (Å²) in [5.74, 6) is -1.96. The minimum absolute atomic E-state index is 0. The van der Waals surface area contributed by atoms with Crippen LogP contribution in [0, 0.1) is 44.2 Å². The molecule has 5 aromatic heterocycles. The first-order chi connectivity index (χ1) is 52.6. The highest BCUT2D eigenvalue weighted by Gasteiger charge is 2.41. The molecule has 5 aromatic carbocycles. The Morgan fingerprint density at radius 2 is 0.904 bits per heavy atom. The van der Waals surface area contributed by atoms with E-state index in [0.717, 1.165) is 59.1 Å². The Morgan fingerprint density at radius 1 is 0.518 bits per heavy atom. The summed E-state index contributed by atoms with van der Waals surface area (Å²) < 4.78 is 62.1. The van der Waals surface area contributed by atoms with E-state index in [1.54, 1.807) is 159 Å². The summed E-state index contributed by atoms with van der Waals surface area (Å²) in [6.07, 6.45) is 13.7. The standard InChI is InChI=1S/C38H47FN6O4S.C29H31FN6O.C17H21N3O4.2CH4.ClH/c1-25-21-33(45(43-25)30-10-8-9-27(22-30)24-41-35(47)49-36(2,3)4)34(46)42-32-23-29(13-14-31(32)39)38(18-15-26-11-12-26,28-16-19-40-20-17-28)44-50(48)37(5,6)7;1-19-15-27(36(35-19)24-4-2-3-21(16-24)18-31)28(37)34-26-17-23(7-8-25(26)30)29(32,12-9-20-5-6-20)22-10-13-33-14-11-22;1-11-8-14(15(21)22)20(19-11)13-7-5-6-12(9-13)10-18-16(23)24-17(2,3)4;;;/h8-10,13-14,16-17,19-23,26,44H,11-12,15,18,24H2,1-7H3,(H,41,47)(H,42,46);2-4,7-8,10-11,13-17,20H,5-6,9,12,18,31-32H2,1H3,(H,34,37);5-9H,10H2,1-4H3,(H,18,23)(H,21,22);2*1H4;1H/t38?,50-;;;;;/m1...../s1. The molecule has 10 aromatic rings. The average molecular weight is 1600 g/mol. The van der Waals surface area contributed by atoms with Crippen LogP contribution in [0.4, 0.5) is 29.7 Å². The van der Waals surface area contributed by atoms with E-state index < -0.39 is 79.6 Å². The van der Waals surface area contributed by atoms with Gasteiger partial charge in [0.25, 0.3) is 11.8 Å². The van der Waals surface area contributed by atoms with Crippen LogP contribution in [0.1, 0.15) is 216 Å². The van der Waals surface area contributed by atoms with Gasteiger partial charge in [0.1, 0.15) is 34.2 Å². The van der Waals surface area contributed by atoms with E-state index in [9.17, 15) is 37.7 Å². The number of carboxylic acids is 1. The molecule has 114 heavy (non-hydrogen) atoms. The normalized spacial score (nSPS) is 13.8. The van der Waals surface area contributed by atoms with Gasteiger partial charge in [0.15, 0.2) is 5.69 Å². The molecule has 2 fully saturated rings. The quantitative estimate of drug-likeness (QED) is 0.0264. The molecule has 5 heterocycles. The first kappa shape index (κ1) is 90.4. The van der Waals surface area contributed by atoms with E-state index >= 15 is 4.39 Å². The number of nitrogens with zero attached hydrogens (tertiary/aromatic N) is 8. The number of anilines is 2. The van der Waals surface area contributed by atoms with Crippen molar-refractivity contribution in [2.45, 2.75) is 196 Å². The van der Waals surface area contributed by atoms with Gasteiger partial charge in [-0.25, -0.2) is 46.1 Å². The SMILES string of the molecule is C.C.Cc1cc(C(=O)Nc2cc(C(CCC3CC3)(N[S@](=O)C(C)(C)C)c3ccncc3)ccc2F)n(-c2cccc(CNC(=O)OC(C)(C)C)c2)n1.Cc1cc(C(=O)Nc2cc(C(N)(CCC3CC3)c3ccncc3)ccc2F)n(-c2cccc(CN)c2)n1.Cc1cc(C(=O)O)n(-c2cccc(CNC(=O)OC(C)(C)C)c2)n1.Cl. The number of carbonyl (C=O) groups is 5. The number of pyridine rings is 2. The zero-order chi connectivity index (χ0) is 80.2. The highest BCUT2D eigenvalue weighted by molar-refractivity contribution is 7.84. The second-order valence-electron chi connectivity index (χ2n) is 31.1. The molecule has 2 saturated carbocycles. The number of rotatable bonds is 25. The third-order valence-corrected chi connectivity index (χ3v) is 20.1. The smallest absolute Gasteiger partial charge is 0.407 e. The molecule has 2 aliphatic rings. The number of carbonyl (C=O) groups excluding carboxylic acids is 4. The van der Waals surface area contributed by atoms with Gasteiger partial charge in [-0.1, -0.05) is 89.1 Å². The molecule has 0 radical (unpaired) electrons. The van der Waals surface area contributed by atoms with Crippen LogP contribution >= 0.6 is 12.4 Å². The number of ether oxygens (including phenoxy) is 2. The number of benzene rings is 5. The average Bonchev–Trinajstić information content (AvgIpc) is 1.19. The summed E-state index contributed by atoms with van der Waals surface area (Å²) in [6, 6.07) is 43.6. The molecule has 28 heteroatoms. The lowest BCUT2D eigenvalue weighted by molar-refractivity contribution is 0.0512. The van der Waals surface area contributed by atoms with Crippen molar-refractivity contribution in [2.24, 2.45) is 23.3 Å². The van der Waals surface area contributed by atoms with E-state index in [1.807, 2.05) is 87.5 Å².